The second-order valence-electron chi connectivity index (χ2n) is 4.40. The van der Waals surface area contributed by atoms with Crippen LogP contribution >= 0.6 is 12.4 Å². The summed E-state index contributed by atoms with van der Waals surface area (Å²) in [7, 11) is 1.67. The van der Waals surface area contributed by atoms with E-state index < -0.39 is 0 Å². The number of halogens is 1. The van der Waals surface area contributed by atoms with E-state index in [4.69, 9.17) is 0 Å². The Labute approximate surface area is 112 Å². The largest absolute Gasteiger partial charge is 0.325 e. The third-order valence-electron chi connectivity index (χ3n) is 3.02. The molecule has 1 aromatic rings. The lowest BCUT2D eigenvalue weighted by Crippen LogP contribution is -2.37. The number of carbonyl (C=O) groups is 1. The first-order valence-electron chi connectivity index (χ1n) is 5.85. The fourth-order valence-electron chi connectivity index (χ4n) is 1.99. The number of rotatable bonds is 2. The van der Waals surface area contributed by atoms with Gasteiger partial charge in [-0.2, -0.15) is 0 Å². The first kappa shape index (κ1) is 14.7. The van der Waals surface area contributed by atoms with E-state index in [1.807, 2.05) is 0 Å². The van der Waals surface area contributed by atoms with Crippen LogP contribution in [0.3, 0.4) is 0 Å². The molecular formula is C12H18ClN3O2. The van der Waals surface area contributed by atoms with Crippen LogP contribution in [0.15, 0.2) is 23.1 Å². The zero-order valence-corrected chi connectivity index (χ0v) is 11.1. The Morgan fingerprint density at radius 1 is 1.50 bits per heavy atom. The van der Waals surface area contributed by atoms with Crippen LogP contribution in [0.5, 0.6) is 0 Å². The third kappa shape index (κ3) is 3.58. The van der Waals surface area contributed by atoms with E-state index in [9.17, 15) is 9.59 Å². The number of hydrogen-bond acceptors (Lipinski definition) is 3. The standard InChI is InChI=1S/C12H17N3O2.ClH/c1-15-8-10(4-5-11(15)16)14-12(17)9-3-2-6-13-7-9;/h4-5,8-9,13H,2-3,6-7H2,1H3,(H,14,17);1H. The molecule has 2 N–H and O–H groups in total. The van der Waals surface area contributed by atoms with Crippen molar-refractivity contribution in [1.82, 2.24) is 9.88 Å². The first-order chi connectivity index (χ1) is 8.16. The van der Waals surface area contributed by atoms with Gasteiger partial charge in [0.15, 0.2) is 0 Å². The quantitative estimate of drug-likeness (QED) is 0.834. The van der Waals surface area contributed by atoms with Gasteiger partial charge in [0.25, 0.3) is 0 Å². The van der Waals surface area contributed by atoms with Crippen LogP contribution in [0.4, 0.5) is 5.69 Å². The molecule has 1 aliphatic heterocycles. The van der Waals surface area contributed by atoms with E-state index >= 15 is 0 Å². The lowest BCUT2D eigenvalue weighted by Gasteiger charge is -2.21. The van der Waals surface area contributed by atoms with Gasteiger partial charge in [-0.05, 0) is 25.5 Å². The normalized spacial score (nSPS) is 18.8. The zero-order valence-electron chi connectivity index (χ0n) is 10.3. The van der Waals surface area contributed by atoms with E-state index in [0.29, 0.717) is 5.69 Å². The summed E-state index contributed by atoms with van der Waals surface area (Å²) in [5.74, 6) is 0.0526. The van der Waals surface area contributed by atoms with Gasteiger partial charge in [0, 0.05) is 25.9 Å². The van der Waals surface area contributed by atoms with Crippen LogP contribution in [0, 0.1) is 5.92 Å². The molecule has 1 atom stereocenters. The number of piperidine rings is 1. The van der Waals surface area contributed by atoms with Gasteiger partial charge < -0.3 is 15.2 Å². The molecule has 18 heavy (non-hydrogen) atoms. The van der Waals surface area contributed by atoms with Crippen molar-refractivity contribution in [1.29, 1.82) is 0 Å². The molecule has 1 aliphatic rings. The zero-order chi connectivity index (χ0) is 12.3. The molecule has 0 saturated carbocycles. The smallest absolute Gasteiger partial charge is 0.250 e. The SMILES string of the molecule is Cl.Cn1cc(NC(=O)C2CCCNC2)ccc1=O. The highest BCUT2D eigenvalue weighted by molar-refractivity contribution is 5.92. The van der Waals surface area contributed by atoms with Gasteiger partial charge >= 0.3 is 0 Å². The molecule has 1 fully saturated rings. The van der Waals surface area contributed by atoms with E-state index in [1.165, 1.54) is 10.6 Å². The molecule has 0 bridgehead atoms. The Kier molecular flexibility index (Phi) is 5.37. The third-order valence-corrected chi connectivity index (χ3v) is 3.02. The fourth-order valence-corrected chi connectivity index (χ4v) is 1.99. The number of amides is 1. The number of carbonyl (C=O) groups excluding carboxylic acids is 1. The Morgan fingerprint density at radius 3 is 2.89 bits per heavy atom. The van der Waals surface area contributed by atoms with Crippen LogP contribution in [0.1, 0.15) is 12.8 Å². The number of pyridine rings is 1. The molecule has 1 unspecified atom stereocenters. The minimum Gasteiger partial charge on any atom is -0.325 e. The Morgan fingerprint density at radius 2 is 2.28 bits per heavy atom. The average Bonchev–Trinajstić information content (AvgIpc) is 2.35. The topological polar surface area (TPSA) is 63.1 Å². The van der Waals surface area contributed by atoms with E-state index in [0.717, 1.165) is 25.9 Å². The summed E-state index contributed by atoms with van der Waals surface area (Å²) >= 11 is 0. The van der Waals surface area contributed by atoms with Gasteiger partial charge in [0.05, 0.1) is 11.6 Å². The maximum Gasteiger partial charge on any atom is 0.250 e. The number of nitrogens with one attached hydrogen (secondary N) is 2. The van der Waals surface area contributed by atoms with Crippen LogP contribution < -0.4 is 16.2 Å². The van der Waals surface area contributed by atoms with Crippen LogP contribution in [0.2, 0.25) is 0 Å². The van der Waals surface area contributed by atoms with Crippen molar-refractivity contribution in [2.75, 3.05) is 18.4 Å². The average molecular weight is 272 g/mol. The van der Waals surface area contributed by atoms with Crippen molar-refractivity contribution in [3.05, 3.63) is 28.7 Å². The summed E-state index contributed by atoms with van der Waals surface area (Å²) in [4.78, 5) is 23.1. The minimum atomic E-state index is -0.0812. The predicted molar refractivity (Wildman–Crippen MR) is 73.2 cm³/mol. The molecule has 6 heteroatoms. The van der Waals surface area contributed by atoms with Crippen LogP contribution in [-0.2, 0) is 11.8 Å². The maximum absolute atomic E-state index is 11.9. The number of aromatic nitrogens is 1. The molecular weight excluding hydrogens is 254 g/mol. The predicted octanol–water partition coefficient (Wildman–Crippen LogP) is 0.745. The Hall–Kier alpha value is -1.33. The summed E-state index contributed by atoms with van der Waals surface area (Å²) in [6, 6.07) is 3.09. The Balaban J connectivity index is 0.00000162. The fraction of sp³-hybridized carbons (Fsp3) is 0.500. The maximum atomic E-state index is 11.9. The molecule has 1 amide bonds. The number of nitrogens with zero attached hydrogens (tertiary/aromatic N) is 1. The lowest BCUT2D eigenvalue weighted by molar-refractivity contribution is -0.120. The summed E-state index contributed by atoms with van der Waals surface area (Å²) in [6.07, 6.45) is 3.59. The van der Waals surface area contributed by atoms with Crippen molar-refractivity contribution < 1.29 is 4.79 Å². The summed E-state index contributed by atoms with van der Waals surface area (Å²) < 4.78 is 1.45. The van der Waals surface area contributed by atoms with E-state index in [-0.39, 0.29) is 29.8 Å². The minimum absolute atomic E-state index is 0. The van der Waals surface area contributed by atoms with Crippen molar-refractivity contribution in [3.63, 3.8) is 0 Å². The van der Waals surface area contributed by atoms with E-state index in [1.54, 1.807) is 19.3 Å². The van der Waals surface area contributed by atoms with Gasteiger partial charge in [-0.15, -0.1) is 12.4 Å². The molecule has 5 nitrogen and oxygen atoms in total. The summed E-state index contributed by atoms with van der Waals surface area (Å²) in [5, 5.41) is 6.05. The second kappa shape index (κ2) is 6.56. The highest BCUT2D eigenvalue weighted by Gasteiger charge is 2.20. The van der Waals surface area contributed by atoms with Gasteiger partial charge in [0.1, 0.15) is 0 Å². The second-order valence-corrected chi connectivity index (χ2v) is 4.40. The van der Waals surface area contributed by atoms with Gasteiger partial charge in [0.2, 0.25) is 11.5 Å². The van der Waals surface area contributed by atoms with Crippen LogP contribution in [0.25, 0.3) is 0 Å². The van der Waals surface area contributed by atoms with Gasteiger partial charge in [-0.25, -0.2) is 0 Å². The number of aryl methyl sites for hydroxylation is 1. The molecule has 2 rings (SSSR count). The molecule has 1 saturated heterocycles. The van der Waals surface area contributed by atoms with Crippen molar-refractivity contribution >= 4 is 24.0 Å². The highest BCUT2D eigenvalue weighted by Crippen LogP contribution is 2.13. The number of hydrogen-bond donors (Lipinski definition) is 2. The lowest BCUT2D eigenvalue weighted by atomic mass is 9.99. The monoisotopic (exact) mass is 271 g/mol. The highest BCUT2D eigenvalue weighted by atomic mass is 35.5. The van der Waals surface area contributed by atoms with Crippen molar-refractivity contribution in [2.24, 2.45) is 13.0 Å². The van der Waals surface area contributed by atoms with Gasteiger partial charge in [-0.1, -0.05) is 0 Å². The first-order valence-corrected chi connectivity index (χ1v) is 5.85. The number of anilines is 1. The molecule has 0 spiro atoms. The molecule has 1 aromatic heterocycles. The van der Waals surface area contributed by atoms with Crippen molar-refractivity contribution in [2.45, 2.75) is 12.8 Å². The van der Waals surface area contributed by atoms with E-state index in [2.05, 4.69) is 10.6 Å². The summed E-state index contributed by atoms with van der Waals surface area (Å²) in [5.41, 5.74) is 0.588. The molecule has 0 aliphatic carbocycles. The molecule has 0 aromatic carbocycles. The molecule has 100 valence electrons. The summed E-state index contributed by atoms with van der Waals surface area (Å²) in [6.45, 7) is 1.72. The molecule has 0 radical (unpaired) electrons. The van der Waals surface area contributed by atoms with Crippen LogP contribution in [-0.4, -0.2) is 23.6 Å². The van der Waals surface area contributed by atoms with Crippen molar-refractivity contribution in [3.8, 4) is 0 Å². The Bertz CT molecular complexity index is 467. The molecule has 2 heterocycles. The van der Waals surface area contributed by atoms with Gasteiger partial charge in [-0.3, -0.25) is 9.59 Å².